The van der Waals surface area contributed by atoms with Crippen molar-refractivity contribution in [3.8, 4) is 11.1 Å². The van der Waals surface area contributed by atoms with Gasteiger partial charge in [-0.15, -0.1) is 0 Å². The second kappa shape index (κ2) is 13.0. The van der Waals surface area contributed by atoms with Crippen LogP contribution in [0, 0.1) is 0 Å². The number of ether oxygens (including phenoxy) is 2. The lowest BCUT2D eigenvalue weighted by Crippen LogP contribution is -2.44. The molecule has 11 nitrogen and oxygen atoms in total. The number of carbonyl (C=O) groups excluding carboxylic acids is 4. The third-order valence-corrected chi connectivity index (χ3v) is 8.91. The van der Waals surface area contributed by atoms with Crippen LogP contribution in [0.4, 0.5) is 20.1 Å². The van der Waals surface area contributed by atoms with Crippen molar-refractivity contribution in [2.24, 2.45) is 5.73 Å². The number of hydrogen-bond donors (Lipinski definition) is 3. The zero-order valence-electron chi connectivity index (χ0n) is 25.9. The van der Waals surface area contributed by atoms with Gasteiger partial charge in [0.25, 0.3) is 0 Å². The van der Waals surface area contributed by atoms with Gasteiger partial charge in [0, 0.05) is 30.5 Å². The summed E-state index contributed by atoms with van der Waals surface area (Å²) >= 11 is 0. The number of aromatic nitrogens is 1. The molecular weight excluding hydrogens is 610 g/mol. The fraction of sp³-hybridized carbons (Fsp3) is 0.189. The summed E-state index contributed by atoms with van der Waals surface area (Å²) in [4.78, 5) is 53.7. The van der Waals surface area contributed by atoms with Gasteiger partial charge < -0.3 is 30.7 Å². The highest BCUT2D eigenvalue weighted by molar-refractivity contribution is 6.05. The Morgan fingerprint density at radius 3 is 2.15 bits per heavy atom. The topological polar surface area (TPSA) is 145 Å². The zero-order chi connectivity index (χ0) is 33.2. The van der Waals surface area contributed by atoms with Gasteiger partial charge in [-0.25, -0.2) is 19.2 Å². The van der Waals surface area contributed by atoms with E-state index in [0.717, 1.165) is 27.8 Å². The van der Waals surface area contributed by atoms with Gasteiger partial charge in [-0.2, -0.15) is 0 Å². The molecule has 0 saturated carbocycles. The maximum absolute atomic E-state index is 13.7. The molecule has 4 N–H and O–H groups in total. The smallest absolute Gasteiger partial charge is 0.407 e. The first-order valence-corrected chi connectivity index (χ1v) is 15.7. The summed E-state index contributed by atoms with van der Waals surface area (Å²) in [7, 11) is 0. The second-order valence-electron chi connectivity index (χ2n) is 11.9. The Morgan fingerprint density at radius 2 is 1.44 bits per heavy atom. The Hall–Kier alpha value is -6.10. The Balaban J connectivity index is 1.06. The molecule has 11 heteroatoms. The molecule has 0 unspecified atom stereocenters. The number of rotatable bonds is 7. The Labute approximate surface area is 276 Å². The summed E-state index contributed by atoms with van der Waals surface area (Å²) in [5.74, 6) is -0.720. The van der Waals surface area contributed by atoms with Crippen LogP contribution in [-0.2, 0) is 20.9 Å². The van der Waals surface area contributed by atoms with Crippen molar-refractivity contribution in [1.29, 1.82) is 0 Å². The van der Waals surface area contributed by atoms with Gasteiger partial charge >= 0.3 is 24.1 Å². The van der Waals surface area contributed by atoms with Crippen molar-refractivity contribution in [2.75, 3.05) is 18.5 Å². The first kappa shape index (κ1) is 30.5. The monoisotopic (exact) mass is 643 g/mol. The number of benzene rings is 4. The molecule has 1 aliphatic carbocycles. The standard InChI is InChI=1S/C37H33N5O6/c38-35(44)41-20-31(29-16-8-9-17-32(29)41)40-36(45)42-19-24(18-33(42)34(43)47-21-23-10-2-1-3-11-23)39-37(46)48-22-30-27-14-6-4-12-25(27)26-13-5-7-15-28(26)30/h1-17,20,24,30,33H,18-19,21-22H2,(H2,38,44)(H,39,46)(H,40,45)/t24-,33-/m0/s1. The maximum atomic E-state index is 13.7. The molecular formula is C37H33N5O6. The zero-order valence-corrected chi connectivity index (χ0v) is 25.9. The molecule has 1 aliphatic heterocycles. The molecule has 0 bridgehead atoms. The fourth-order valence-electron chi connectivity index (χ4n) is 6.67. The van der Waals surface area contributed by atoms with Gasteiger partial charge in [0.05, 0.1) is 17.2 Å². The number of esters is 1. The van der Waals surface area contributed by atoms with Crippen molar-refractivity contribution in [3.63, 3.8) is 0 Å². The molecule has 2 heterocycles. The molecule has 5 aromatic rings. The molecule has 1 saturated heterocycles. The number of nitrogens with zero attached hydrogens (tertiary/aromatic N) is 2. The van der Waals surface area contributed by atoms with E-state index in [1.165, 1.54) is 15.7 Å². The number of primary amides is 1. The molecule has 4 aromatic carbocycles. The third kappa shape index (κ3) is 5.93. The molecule has 242 valence electrons. The van der Waals surface area contributed by atoms with Crippen LogP contribution in [0.1, 0.15) is 29.0 Å². The predicted molar refractivity (Wildman–Crippen MR) is 179 cm³/mol. The highest BCUT2D eigenvalue weighted by Crippen LogP contribution is 2.44. The van der Waals surface area contributed by atoms with Crippen LogP contribution in [-0.4, -0.2) is 58.8 Å². The average Bonchev–Trinajstić information content (AvgIpc) is 3.79. The second-order valence-corrected chi connectivity index (χ2v) is 11.9. The number of amides is 4. The molecule has 0 radical (unpaired) electrons. The van der Waals surface area contributed by atoms with Gasteiger partial charge in [-0.1, -0.05) is 97.1 Å². The van der Waals surface area contributed by atoms with E-state index in [9.17, 15) is 19.2 Å². The minimum Gasteiger partial charge on any atom is -0.459 e. The molecule has 1 aromatic heterocycles. The van der Waals surface area contributed by atoms with Crippen LogP contribution in [0.25, 0.3) is 22.0 Å². The number of carbonyl (C=O) groups is 4. The largest absolute Gasteiger partial charge is 0.459 e. The van der Waals surface area contributed by atoms with Crippen LogP contribution < -0.4 is 16.4 Å². The molecule has 4 amide bonds. The van der Waals surface area contributed by atoms with Crippen LogP contribution in [0.3, 0.4) is 0 Å². The Kier molecular flexibility index (Phi) is 8.24. The van der Waals surface area contributed by atoms with E-state index >= 15 is 0 Å². The lowest BCUT2D eigenvalue weighted by molar-refractivity contribution is -0.149. The van der Waals surface area contributed by atoms with Crippen molar-refractivity contribution >= 4 is 40.7 Å². The number of alkyl carbamates (subject to hydrolysis) is 1. The minimum atomic E-state index is -0.989. The molecule has 2 atom stereocenters. The van der Waals surface area contributed by atoms with E-state index in [1.807, 2.05) is 66.7 Å². The van der Waals surface area contributed by atoms with Crippen molar-refractivity contribution < 1.29 is 28.7 Å². The molecule has 48 heavy (non-hydrogen) atoms. The van der Waals surface area contributed by atoms with Crippen molar-refractivity contribution in [3.05, 3.63) is 126 Å². The molecule has 1 fully saturated rings. The van der Waals surface area contributed by atoms with E-state index in [1.54, 1.807) is 24.3 Å². The number of likely N-dealkylation sites (tertiary alicyclic amines) is 1. The Bertz CT molecular complexity index is 1980. The summed E-state index contributed by atoms with van der Waals surface area (Å²) in [6.07, 6.45) is 0.912. The number of anilines is 1. The predicted octanol–water partition coefficient (Wildman–Crippen LogP) is 5.83. The average molecular weight is 644 g/mol. The summed E-state index contributed by atoms with van der Waals surface area (Å²) < 4.78 is 12.6. The number of para-hydroxylation sites is 1. The van der Waals surface area contributed by atoms with Crippen LogP contribution in [0.5, 0.6) is 0 Å². The quantitative estimate of drug-likeness (QED) is 0.191. The highest BCUT2D eigenvalue weighted by atomic mass is 16.5. The van der Waals surface area contributed by atoms with E-state index < -0.39 is 36.2 Å². The summed E-state index contributed by atoms with van der Waals surface area (Å²) in [6.45, 7) is 0.182. The van der Waals surface area contributed by atoms with E-state index in [4.69, 9.17) is 15.2 Å². The number of hydrogen-bond acceptors (Lipinski definition) is 6. The van der Waals surface area contributed by atoms with Gasteiger partial charge in [-0.05, 0) is 33.9 Å². The maximum Gasteiger partial charge on any atom is 0.407 e. The van der Waals surface area contributed by atoms with Gasteiger partial charge in [0.15, 0.2) is 0 Å². The normalized spacial score (nSPS) is 16.6. The van der Waals surface area contributed by atoms with Gasteiger partial charge in [0.2, 0.25) is 0 Å². The van der Waals surface area contributed by atoms with Gasteiger partial charge in [0.1, 0.15) is 19.3 Å². The number of nitrogens with one attached hydrogen (secondary N) is 2. The first-order valence-electron chi connectivity index (χ1n) is 15.7. The van der Waals surface area contributed by atoms with Crippen molar-refractivity contribution in [2.45, 2.75) is 31.0 Å². The Morgan fingerprint density at radius 1 is 0.792 bits per heavy atom. The number of urea groups is 1. The summed E-state index contributed by atoms with van der Waals surface area (Å²) in [6, 6.07) is 29.5. The summed E-state index contributed by atoms with van der Waals surface area (Å²) in [5.41, 5.74) is 11.6. The van der Waals surface area contributed by atoms with Crippen LogP contribution >= 0.6 is 0 Å². The van der Waals surface area contributed by atoms with Crippen LogP contribution in [0.15, 0.2) is 109 Å². The van der Waals surface area contributed by atoms with E-state index in [0.29, 0.717) is 16.6 Å². The number of fused-ring (bicyclic) bond motifs is 4. The van der Waals surface area contributed by atoms with Gasteiger partial charge in [-0.3, -0.25) is 4.57 Å². The van der Waals surface area contributed by atoms with E-state index in [-0.39, 0.29) is 32.1 Å². The fourth-order valence-corrected chi connectivity index (χ4v) is 6.67. The van der Waals surface area contributed by atoms with Crippen molar-refractivity contribution in [1.82, 2.24) is 14.8 Å². The highest BCUT2D eigenvalue weighted by Gasteiger charge is 2.42. The third-order valence-electron chi connectivity index (χ3n) is 8.91. The summed E-state index contributed by atoms with van der Waals surface area (Å²) in [5, 5.41) is 6.27. The molecule has 0 spiro atoms. The number of nitrogens with two attached hydrogens (primary N) is 1. The first-order chi connectivity index (χ1) is 23.4. The lowest BCUT2D eigenvalue weighted by Gasteiger charge is -2.23. The SMILES string of the molecule is NC(=O)n1cc(NC(=O)N2C[C@@H](NC(=O)OCC3c4ccccc4-c4ccccc43)C[C@H]2C(=O)OCc2ccccc2)c2ccccc21. The van der Waals surface area contributed by atoms with Crippen LogP contribution in [0.2, 0.25) is 0 Å². The minimum absolute atomic E-state index is 0.0234. The lowest BCUT2D eigenvalue weighted by atomic mass is 9.98. The molecule has 7 rings (SSSR count). The van der Waals surface area contributed by atoms with E-state index in [2.05, 4.69) is 22.8 Å². The molecule has 2 aliphatic rings.